The molecule has 0 saturated carbocycles. The Morgan fingerprint density at radius 2 is 2.17 bits per heavy atom. The summed E-state index contributed by atoms with van der Waals surface area (Å²) in [5, 5.41) is 33.8. The number of rotatable bonds is 6. The van der Waals surface area contributed by atoms with Crippen molar-refractivity contribution in [1.29, 1.82) is 0 Å². The fourth-order valence-electron chi connectivity index (χ4n) is 1.40. The number of aliphatic hydroxyl groups is 2. The number of carbonyl (C=O) groups is 2. The van der Waals surface area contributed by atoms with Crippen LogP contribution in [0.15, 0.2) is 6.20 Å². The molecular weight excluding hydrogens is 244 g/mol. The fraction of sp³-hybridized carbons (Fsp3) is 0.500. The smallest absolute Gasteiger partial charge is 0.354 e. The Morgan fingerprint density at radius 1 is 1.50 bits per heavy atom. The molecule has 1 rings (SSSR count). The highest BCUT2D eigenvalue weighted by Crippen LogP contribution is 2.21. The van der Waals surface area contributed by atoms with Crippen LogP contribution in [0.5, 0.6) is 0 Å². The molecule has 0 spiro atoms. The highest BCUT2D eigenvalue weighted by molar-refractivity contribution is 5.87. The van der Waals surface area contributed by atoms with E-state index in [0.717, 1.165) is 6.20 Å². The zero-order valence-corrected chi connectivity index (χ0v) is 9.66. The number of carbonyl (C=O) groups excluding carboxylic acids is 1. The van der Waals surface area contributed by atoms with Gasteiger partial charge in [-0.25, -0.2) is 4.79 Å². The molecule has 8 heteroatoms. The first kappa shape index (κ1) is 14.1. The molecule has 4 N–H and O–H groups in total. The lowest BCUT2D eigenvalue weighted by Gasteiger charge is -2.16. The highest BCUT2D eigenvalue weighted by atomic mass is 16.5. The average molecular weight is 258 g/mol. The number of ether oxygens (including phenoxy) is 1. The van der Waals surface area contributed by atoms with Crippen LogP contribution in [-0.2, 0) is 9.53 Å². The minimum atomic E-state index is -1.53. The molecule has 1 heterocycles. The first-order valence-electron chi connectivity index (χ1n) is 5.25. The number of aromatic amines is 1. The molecule has 1 aromatic heterocycles. The summed E-state index contributed by atoms with van der Waals surface area (Å²) in [5.74, 6) is -1.99. The number of aromatic carboxylic acids is 1. The summed E-state index contributed by atoms with van der Waals surface area (Å²) < 4.78 is 4.61. The van der Waals surface area contributed by atoms with Crippen LogP contribution in [0.1, 0.15) is 35.5 Å². The van der Waals surface area contributed by atoms with Gasteiger partial charge in [0.2, 0.25) is 0 Å². The van der Waals surface area contributed by atoms with Crippen molar-refractivity contribution in [2.45, 2.75) is 25.6 Å². The molecule has 18 heavy (non-hydrogen) atoms. The Bertz CT molecular complexity index is 430. The van der Waals surface area contributed by atoms with Crippen LogP contribution >= 0.6 is 0 Å². The van der Waals surface area contributed by atoms with Crippen LogP contribution in [0.4, 0.5) is 0 Å². The molecule has 0 amide bonds. The molecule has 0 aliphatic heterocycles. The van der Waals surface area contributed by atoms with Gasteiger partial charge in [-0.05, 0) is 6.92 Å². The summed E-state index contributed by atoms with van der Waals surface area (Å²) >= 11 is 0. The lowest BCUT2D eigenvalue weighted by atomic mass is 10.0. The van der Waals surface area contributed by atoms with Crippen LogP contribution in [0, 0.1) is 0 Å². The van der Waals surface area contributed by atoms with Crippen molar-refractivity contribution in [3.8, 4) is 0 Å². The first-order chi connectivity index (χ1) is 8.47. The Balaban J connectivity index is 2.74. The van der Waals surface area contributed by atoms with Crippen molar-refractivity contribution in [3.05, 3.63) is 17.5 Å². The summed E-state index contributed by atoms with van der Waals surface area (Å²) in [6, 6.07) is 0. The van der Waals surface area contributed by atoms with Crippen molar-refractivity contribution in [1.82, 2.24) is 10.2 Å². The van der Waals surface area contributed by atoms with Gasteiger partial charge in [-0.1, -0.05) is 0 Å². The maximum absolute atomic E-state index is 11.1. The van der Waals surface area contributed by atoms with Gasteiger partial charge in [-0.15, -0.1) is 0 Å². The topological polar surface area (TPSA) is 133 Å². The lowest BCUT2D eigenvalue weighted by Crippen LogP contribution is -2.24. The summed E-state index contributed by atoms with van der Waals surface area (Å²) in [7, 11) is 0. The number of esters is 1. The Hall–Kier alpha value is -1.93. The molecular formula is C10H14N2O6. The van der Waals surface area contributed by atoms with Gasteiger partial charge in [-0.3, -0.25) is 9.89 Å². The van der Waals surface area contributed by atoms with Gasteiger partial charge in [0.25, 0.3) is 0 Å². The number of aliphatic hydroxyl groups excluding tert-OH is 2. The molecule has 100 valence electrons. The number of H-pyrrole nitrogens is 1. The van der Waals surface area contributed by atoms with E-state index in [-0.39, 0.29) is 17.9 Å². The van der Waals surface area contributed by atoms with Crippen LogP contribution in [-0.4, -0.2) is 50.2 Å². The third-order valence-corrected chi connectivity index (χ3v) is 2.25. The lowest BCUT2D eigenvalue weighted by molar-refractivity contribution is -0.147. The number of hydrogen-bond donors (Lipinski definition) is 4. The predicted octanol–water partition coefficient (Wildman–Crippen LogP) is -0.545. The van der Waals surface area contributed by atoms with Gasteiger partial charge < -0.3 is 20.1 Å². The molecule has 1 aromatic rings. The van der Waals surface area contributed by atoms with Crippen LogP contribution < -0.4 is 0 Å². The Kier molecular flexibility index (Phi) is 4.81. The number of nitrogens with zero attached hydrogens (tertiary/aromatic N) is 1. The second-order valence-corrected chi connectivity index (χ2v) is 3.53. The van der Waals surface area contributed by atoms with Crippen LogP contribution in [0.25, 0.3) is 0 Å². The van der Waals surface area contributed by atoms with Gasteiger partial charge in [-0.2, -0.15) is 5.10 Å². The number of carboxylic acid groups (broad SMARTS) is 1. The number of carboxylic acids is 1. The SMILES string of the molecule is CCOC(=O)CC(O)C(O)c1cn[nH]c1C(=O)O. The van der Waals surface area contributed by atoms with E-state index < -0.39 is 30.6 Å². The summed E-state index contributed by atoms with van der Waals surface area (Å²) in [6.45, 7) is 1.77. The molecule has 2 unspecified atom stereocenters. The van der Waals surface area contributed by atoms with Gasteiger partial charge in [0, 0.05) is 5.56 Å². The zero-order chi connectivity index (χ0) is 13.7. The summed E-state index contributed by atoms with van der Waals surface area (Å²) in [6.07, 6.45) is -2.33. The van der Waals surface area contributed by atoms with Crippen molar-refractivity contribution in [3.63, 3.8) is 0 Å². The monoisotopic (exact) mass is 258 g/mol. The summed E-state index contributed by atoms with van der Waals surface area (Å²) in [4.78, 5) is 21.9. The van der Waals surface area contributed by atoms with Crippen molar-refractivity contribution < 1.29 is 29.6 Å². The van der Waals surface area contributed by atoms with Gasteiger partial charge >= 0.3 is 11.9 Å². The van der Waals surface area contributed by atoms with E-state index >= 15 is 0 Å². The fourth-order valence-corrected chi connectivity index (χ4v) is 1.40. The third kappa shape index (κ3) is 3.28. The second-order valence-electron chi connectivity index (χ2n) is 3.53. The van der Waals surface area contributed by atoms with E-state index in [9.17, 15) is 19.8 Å². The molecule has 0 bridgehead atoms. The summed E-state index contributed by atoms with van der Waals surface area (Å²) in [5.41, 5.74) is -0.412. The standard InChI is InChI=1S/C10H14N2O6/c1-2-18-7(14)3-6(13)9(15)5-4-11-12-8(5)10(16)17/h4,6,9,13,15H,2-3H2,1H3,(H,11,12)(H,16,17). The average Bonchev–Trinajstić information content (AvgIpc) is 2.76. The molecule has 0 saturated heterocycles. The van der Waals surface area contributed by atoms with Crippen LogP contribution in [0.3, 0.4) is 0 Å². The Morgan fingerprint density at radius 3 is 2.72 bits per heavy atom. The predicted molar refractivity (Wildman–Crippen MR) is 57.8 cm³/mol. The molecule has 0 aliphatic carbocycles. The first-order valence-corrected chi connectivity index (χ1v) is 5.25. The maximum atomic E-state index is 11.1. The number of aromatic nitrogens is 2. The third-order valence-electron chi connectivity index (χ3n) is 2.25. The normalized spacial score (nSPS) is 13.9. The molecule has 0 aromatic carbocycles. The van der Waals surface area contributed by atoms with E-state index in [2.05, 4.69) is 14.9 Å². The molecule has 8 nitrogen and oxygen atoms in total. The minimum Gasteiger partial charge on any atom is -0.477 e. The van der Waals surface area contributed by atoms with Crippen molar-refractivity contribution in [2.24, 2.45) is 0 Å². The van der Waals surface area contributed by atoms with Gasteiger partial charge in [0.1, 0.15) is 11.8 Å². The largest absolute Gasteiger partial charge is 0.477 e. The van der Waals surface area contributed by atoms with E-state index in [1.807, 2.05) is 0 Å². The molecule has 2 atom stereocenters. The minimum absolute atomic E-state index is 0.0840. The molecule has 0 radical (unpaired) electrons. The van der Waals surface area contributed by atoms with Gasteiger partial charge in [0.05, 0.1) is 25.3 Å². The zero-order valence-electron chi connectivity index (χ0n) is 9.66. The van der Waals surface area contributed by atoms with Gasteiger partial charge in [0.15, 0.2) is 0 Å². The molecule has 0 aliphatic rings. The van der Waals surface area contributed by atoms with E-state index in [4.69, 9.17) is 5.11 Å². The molecule has 0 fully saturated rings. The second kappa shape index (κ2) is 6.12. The van der Waals surface area contributed by atoms with Crippen LogP contribution in [0.2, 0.25) is 0 Å². The van der Waals surface area contributed by atoms with E-state index in [1.165, 1.54) is 0 Å². The highest BCUT2D eigenvalue weighted by Gasteiger charge is 2.27. The van der Waals surface area contributed by atoms with E-state index in [0.29, 0.717) is 0 Å². The Labute approximate surface area is 102 Å². The van der Waals surface area contributed by atoms with Crippen molar-refractivity contribution in [2.75, 3.05) is 6.61 Å². The van der Waals surface area contributed by atoms with E-state index in [1.54, 1.807) is 6.92 Å². The van der Waals surface area contributed by atoms with Crippen molar-refractivity contribution >= 4 is 11.9 Å². The maximum Gasteiger partial charge on any atom is 0.354 e. The quantitative estimate of drug-likeness (QED) is 0.503. The number of nitrogens with one attached hydrogen (secondary N) is 1. The number of hydrogen-bond acceptors (Lipinski definition) is 6.